The van der Waals surface area contributed by atoms with Crippen LogP contribution in [0.5, 0.6) is 5.75 Å². The number of ether oxygens (including phenoxy) is 1. The van der Waals surface area contributed by atoms with E-state index in [4.69, 9.17) is 4.74 Å². The van der Waals surface area contributed by atoms with E-state index in [0.29, 0.717) is 5.92 Å². The van der Waals surface area contributed by atoms with Crippen molar-refractivity contribution in [1.82, 2.24) is 5.32 Å². The summed E-state index contributed by atoms with van der Waals surface area (Å²) in [6.07, 6.45) is 2.71. The van der Waals surface area contributed by atoms with Crippen molar-refractivity contribution in [2.24, 2.45) is 5.92 Å². The molecule has 0 saturated heterocycles. The van der Waals surface area contributed by atoms with E-state index < -0.39 is 0 Å². The molecule has 0 radical (unpaired) electrons. The molecule has 0 heterocycles. The molecule has 1 aromatic carbocycles. The lowest BCUT2D eigenvalue weighted by Crippen LogP contribution is -2.26. The molecule has 0 amide bonds. The number of hydrogen-bond acceptors (Lipinski definition) is 2. The van der Waals surface area contributed by atoms with Gasteiger partial charge in [0.25, 0.3) is 0 Å². The third-order valence-electron chi connectivity index (χ3n) is 2.61. The van der Waals surface area contributed by atoms with Gasteiger partial charge in [-0.05, 0) is 25.0 Å². The Labute approximate surface area is 91.6 Å². The average Bonchev–Trinajstić information content (AvgIpc) is 3.09. The Morgan fingerprint density at radius 1 is 1.33 bits per heavy atom. The Kier molecular flexibility index (Phi) is 3.62. The number of rotatable bonds is 6. The molecular weight excluding hydrogens is 186 g/mol. The van der Waals surface area contributed by atoms with E-state index in [-0.39, 0.29) is 0 Å². The molecule has 0 spiro atoms. The first-order chi connectivity index (χ1) is 7.34. The van der Waals surface area contributed by atoms with Gasteiger partial charge in [-0.2, -0.15) is 0 Å². The molecular formula is C13H19NO. The second-order valence-corrected chi connectivity index (χ2v) is 4.41. The van der Waals surface area contributed by atoms with Crippen LogP contribution < -0.4 is 10.1 Å². The third kappa shape index (κ3) is 3.92. The maximum Gasteiger partial charge on any atom is 0.119 e. The van der Waals surface area contributed by atoms with Crippen LogP contribution in [0.2, 0.25) is 0 Å². The summed E-state index contributed by atoms with van der Waals surface area (Å²) in [5.41, 5.74) is 0. The number of benzene rings is 1. The van der Waals surface area contributed by atoms with Gasteiger partial charge in [0.05, 0.1) is 6.61 Å². The van der Waals surface area contributed by atoms with Crippen molar-refractivity contribution in [2.75, 3.05) is 13.2 Å². The molecule has 82 valence electrons. The normalized spacial score (nSPS) is 17.4. The molecule has 0 aromatic heterocycles. The van der Waals surface area contributed by atoms with Gasteiger partial charge in [0.1, 0.15) is 5.75 Å². The average molecular weight is 205 g/mol. The van der Waals surface area contributed by atoms with Gasteiger partial charge in [0.2, 0.25) is 0 Å². The highest BCUT2D eigenvalue weighted by molar-refractivity contribution is 5.20. The van der Waals surface area contributed by atoms with Crippen molar-refractivity contribution in [3.8, 4) is 5.75 Å². The van der Waals surface area contributed by atoms with E-state index in [0.717, 1.165) is 24.9 Å². The van der Waals surface area contributed by atoms with Crippen LogP contribution in [-0.2, 0) is 0 Å². The van der Waals surface area contributed by atoms with Gasteiger partial charge >= 0.3 is 0 Å². The van der Waals surface area contributed by atoms with E-state index in [9.17, 15) is 0 Å². The van der Waals surface area contributed by atoms with Crippen molar-refractivity contribution >= 4 is 0 Å². The number of nitrogens with one attached hydrogen (secondary N) is 1. The minimum Gasteiger partial charge on any atom is -0.493 e. The van der Waals surface area contributed by atoms with Gasteiger partial charge in [-0.25, -0.2) is 0 Å². The molecule has 15 heavy (non-hydrogen) atoms. The SMILES string of the molecule is CC(CNC1CC1)COc1ccccc1. The summed E-state index contributed by atoms with van der Waals surface area (Å²) >= 11 is 0. The van der Waals surface area contributed by atoms with Crippen LogP contribution in [0.25, 0.3) is 0 Å². The standard InChI is InChI=1S/C13H19NO/c1-11(9-14-12-7-8-12)10-15-13-5-3-2-4-6-13/h2-6,11-12,14H,7-10H2,1H3. The van der Waals surface area contributed by atoms with Crippen LogP contribution in [0.4, 0.5) is 0 Å². The van der Waals surface area contributed by atoms with Crippen molar-refractivity contribution < 1.29 is 4.74 Å². The molecule has 2 heteroatoms. The lowest BCUT2D eigenvalue weighted by atomic mass is 10.2. The molecule has 1 aliphatic rings. The predicted octanol–water partition coefficient (Wildman–Crippen LogP) is 2.45. The Hall–Kier alpha value is -1.02. The quantitative estimate of drug-likeness (QED) is 0.770. The topological polar surface area (TPSA) is 21.3 Å². The second-order valence-electron chi connectivity index (χ2n) is 4.41. The van der Waals surface area contributed by atoms with E-state index in [2.05, 4.69) is 12.2 Å². The van der Waals surface area contributed by atoms with E-state index in [1.807, 2.05) is 30.3 Å². The fourth-order valence-corrected chi connectivity index (χ4v) is 1.47. The van der Waals surface area contributed by atoms with Crippen molar-refractivity contribution in [2.45, 2.75) is 25.8 Å². The largest absolute Gasteiger partial charge is 0.493 e. The van der Waals surface area contributed by atoms with Crippen LogP contribution in [0, 0.1) is 5.92 Å². The first-order valence-electron chi connectivity index (χ1n) is 5.76. The second kappa shape index (κ2) is 5.17. The van der Waals surface area contributed by atoms with Gasteiger partial charge < -0.3 is 10.1 Å². The van der Waals surface area contributed by atoms with Crippen molar-refractivity contribution in [3.63, 3.8) is 0 Å². The highest BCUT2D eigenvalue weighted by Crippen LogP contribution is 2.18. The zero-order valence-corrected chi connectivity index (χ0v) is 9.28. The summed E-state index contributed by atoms with van der Waals surface area (Å²) in [5.74, 6) is 1.54. The first-order valence-corrected chi connectivity index (χ1v) is 5.76. The van der Waals surface area contributed by atoms with Gasteiger partial charge in [-0.3, -0.25) is 0 Å². The fraction of sp³-hybridized carbons (Fsp3) is 0.538. The molecule has 2 rings (SSSR count). The summed E-state index contributed by atoms with van der Waals surface area (Å²) in [7, 11) is 0. The fourth-order valence-electron chi connectivity index (χ4n) is 1.47. The zero-order valence-electron chi connectivity index (χ0n) is 9.28. The zero-order chi connectivity index (χ0) is 10.5. The van der Waals surface area contributed by atoms with Crippen LogP contribution >= 0.6 is 0 Å². The summed E-state index contributed by atoms with van der Waals surface area (Å²) in [5, 5.41) is 3.51. The maximum atomic E-state index is 5.68. The Morgan fingerprint density at radius 2 is 2.07 bits per heavy atom. The van der Waals surface area contributed by atoms with Crippen LogP contribution in [0.15, 0.2) is 30.3 Å². The minimum atomic E-state index is 0.575. The molecule has 1 unspecified atom stereocenters. The van der Waals surface area contributed by atoms with E-state index in [1.54, 1.807) is 0 Å². The van der Waals surface area contributed by atoms with Crippen molar-refractivity contribution in [1.29, 1.82) is 0 Å². The lowest BCUT2D eigenvalue weighted by Gasteiger charge is -2.13. The third-order valence-corrected chi connectivity index (χ3v) is 2.61. The molecule has 1 aliphatic carbocycles. The molecule has 1 atom stereocenters. The summed E-state index contributed by atoms with van der Waals surface area (Å²) in [6, 6.07) is 10.8. The van der Waals surface area contributed by atoms with Crippen LogP contribution in [0.1, 0.15) is 19.8 Å². The summed E-state index contributed by atoms with van der Waals surface area (Å²) in [4.78, 5) is 0. The van der Waals surface area contributed by atoms with E-state index in [1.165, 1.54) is 12.8 Å². The highest BCUT2D eigenvalue weighted by atomic mass is 16.5. The summed E-state index contributed by atoms with van der Waals surface area (Å²) < 4.78 is 5.68. The Morgan fingerprint density at radius 3 is 2.73 bits per heavy atom. The van der Waals surface area contributed by atoms with Gasteiger partial charge in [0.15, 0.2) is 0 Å². The Bertz CT molecular complexity index is 282. The smallest absolute Gasteiger partial charge is 0.119 e. The number of para-hydroxylation sites is 1. The van der Waals surface area contributed by atoms with Gasteiger partial charge in [-0.1, -0.05) is 25.1 Å². The van der Waals surface area contributed by atoms with Crippen LogP contribution in [-0.4, -0.2) is 19.2 Å². The molecule has 1 saturated carbocycles. The molecule has 0 aliphatic heterocycles. The first kappa shape index (κ1) is 10.5. The minimum absolute atomic E-state index is 0.575. The molecule has 1 aromatic rings. The van der Waals surface area contributed by atoms with Crippen LogP contribution in [0.3, 0.4) is 0 Å². The monoisotopic (exact) mass is 205 g/mol. The summed E-state index contributed by atoms with van der Waals surface area (Å²) in [6.45, 7) is 4.08. The maximum absolute atomic E-state index is 5.68. The Balaban J connectivity index is 1.63. The molecule has 1 fully saturated rings. The van der Waals surface area contributed by atoms with Gasteiger partial charge in [-0.15, -0.1) is 0 Å². The molecule has 0 bridgehead atoms. The van der Waals surface area contributed by atoms with Crippen molar-refractivity contribution in [3.05, 3.63) is 30.3 Å². The molecule has 2 nitrogen and oxygen atoms in total. The van der Waals surface area contributed by atoms with E-state index >= 15 is 0 Å². The lowest BCUT2D eigenvalue weighted by molar-refractivity contribution is 0.255. The van der Waals surface area contributed by atoms with Gasteiger partial charge in [0, 0.05) is 18.5 Å². The number of hydrogen-bond donors (Lipinski definition) is 1. The molecule has 1 N–H and O–H groups in total. The predicted molar refractivity (Wildman–Crippen MR) is 62.1 cm³/mol. The highest BCUT2D eigenvalue weighted by Gasteiger charge is 2.20.